The first-order chi connectivity index (χ1) is 9.26. The summed E-state index contributed by atoms with van der Waals surface area (Å²) in [4.78, 5) is 11.1. The first-order valence-corrected chi connectivity index (χ1v) is 10.1. The molecule has 0 spiro atoms. The molecule has 0 saturated carbocycles. The summed E-state index contributed by atoms with van der Waals surface area (Å²) in [5.41, 5.74) is 1.64. The fourth-order valence-corrected chi connectivity index (χ4v) is 3.47. The molecule has 1 aromatic carbocycles. The van der Waals surface area contributed by atoms with Crippen LogP contribution < -0.4 is 4.74 Å². The number of carbonyl (C=O) groups is 1. The van der Waals surface area contributed by atoms with Crippen LogP contribution in [-0.2, 0) is 4.43 Å². The summed E-state index contributed by atoms with van der Waals surface area (Å²) < 4.78 is 12.2. The van der Waals surface area contributed by atoms with Crippen LogP contribution in [0.25, 0.3) is 0 Å². The van der Waals surface area contributed by atoms with Crippen molar-refractivity contribution in [1.29, 1.82) is 0 Å². The van der Waals surface area contributed by atoms with E-state index in [9.17, 15) is 4.79 Å². The van der Waals surface area contributed by atoms with Gasteiger partial charge in [0.05, 0.1) is 18.3 Å². The third-order valence-electron chi connectivity index (χ3n) is 4.42. The highest BCUT2D eigenvalue weighted by atomic mass is 28.4. The molecule has 2 rings (SSSR count). The minimum atomic E-state index is -1.83. The van der Waals surface area contributed by atoms with E-state index in [0.29, 0.717) is 17.9 Å². The standard InChI is InChI=1S/C16H24O3Si/c1-16(2,3)20(4,5)19-14-9-10-18-15-12(11-17)7-6-8-13(14)15/h6-8,11,14H,9-10H2,1-5H3. The van der Waals surface area contributed by atoms with Crippen molar-refractivity contribution in [2.45, 2.75) is 51.4 Å². The number of aldehydes is 1. The van der Waals surface area contributed by atoms with E-state index in [0.717, 1.165) is 18.3 Å². The molecule has 1 unspecified atom stereocenters. The maximum atomic E-state index is 11.1. The van der Waals surface area contributed by atoms with E-state index >= 15 is 0 Å². The zero-order valence-corrected chi connectivity index (χ0v) is 14.0. The average molecular weight is 292 g/mol. The number of carbonyl (C=O) groups excluding carboxylic acids is 1. The van der Waals surface area contributed by atoms with Gasteiger partial charge in [-0.1, -0.05) is 32.9 Å². The van der Waals surface area contributed by atoms with Gasteiger partial charge in [-0.25, -0.2) is 0 Å². The maximum Gasteiger partial charge on any atom is 0.192 e. The molecule has 0 aromatic heterocycles. The van der Waals surface area contributed by atoms with E-state index in [1.165, 1.54) is 0 Å². The number of rotatable bonds is 3. The van der Waals surface area contributed by atoms with Gasteiger partial charge in [0.1, 0.15) is 5.75 Å². The number of hydrogen-bond acceptors (Lipinski definition) is 3. The summed E-state index contributed by atoms with van der Waals surface area (Å²) >= 11 is 0. The van der Waals surface area contributed by atoms with Crippen LogP contribution in [0.3, 0.4) is 0 Å². The Bertz CT molecular complexity index is 503. The largest absolute Gasteiger partial charge is 0.492 e. The first kappa shape index (κ1) is 15.3. The Morgan fingerprint density at radius 1 is 1.35 bits per heavy atom. The van der Waals surface area contributed by atoms with Crippen molar-refractivity contribution in [3.63, 3.8) is 0 Å². The normalized spacial score (nSPS) is 19.1. The van der Waals surface area contributed by atoms with Gasteiger partial charge in [0.15, 0.2) is 14.6 Å². The lowest BCUT2D eigenvalue weighted by Crippen LogP contribution is -2.42. The summed E-state index contributed by atoms with van der Waals surface area (Å²) in [5.74, 6) is 0.706. The number of ether oxygens (including phenoxy) is 1. The van der Waals surface area contributed by atoms with Gasteiger partial charge in [-0.05, 0) is 24.2 Å². The van der Waals surface area contributed by atoms with Crippen molar-refractivity contribution in [3.8, 4) is 5.75 Å². The van der Waals surface area contributed by atoms with Crippen molar-refractivity contribution in [2.75, 3.05) is 6.61 Å². The molecule has 1 aliphatic heterocycles. The first-order valence-electron chi connectivity index (χ1n) is 7.15. The minimum absolute atomic E-state index is 0.0412. The highest BCUT2D eigenvalue weighted by Gasteiger charge is 2.40. The zero-order valence-electron chi connectivity index (χ0n) is 13.0. The van der Waals surface area contributed by atoms with Crippen molar-refractivity contribution in [3.05, 3.63) is 29.3 Å². The van der Waals surface area contributed by atoms with Gasteiger partial charge >= 0.3 is 0 Å². The molecule has 0 N–H and O–H groups in total. The van der Waals surface area contributed by atoms with Crippen LogP contribution >= 0.6 is 0 Å². The number of fused-ring (bicyclic) bond motifs is 1. The van der Waals surface area contributed by atoms with E-state index in [2.05, 4.69) is 33.9 Å². The van der Waals surface area contributed by atoms with Crippen LogP contribution in [0.1, 0.15) is 49.2 Å². The van der Waals surface area contributed by atoms with E-state index in [4.69, 9.17) is 9.16 Å². The molecule has 1 atom stereocenters. The quantitative estimate of drug-likeness (QED) is 0.614. The molecule has 4 heteroatoms. The van der Waals surface area contributed by atoms with Gasteiger partial charge in [0.25, 0.3) is 0 Å². The summed E-state index contributed by atoms with van der Waals surface area (Å²) in [6.45, 7) is 11.8. The lowest BCUT2D eigenvalue weighted by atomic mass is 10.0. The van der Waals surface area contributed by atoms with Crippen molar-refractivity contribution < 1.29 is 14.0 Å². The Morgan fingerprint density at radius 3 is 2.65 bits per heavy atom. The SMILES string of the molecule is CC(C)(C)[Si](C)(C)OC1CCOc2c(C=O)cccc21. The highest BCUT2D eigenvalue weighted by Crippen LogP contribution is 2.43. The van der Waals surface area contributed by atoms with E-state index in [1.54, 1.807) is 6.07 Å². The van der Waals surface area contributed by atoms with E-state index < -0.39 is 8.32 Å². The molecule has 0 fully saturated rings. The monoisotopic (exact) mass is 292 g/mol. The Balaban J connectivity index is 2.32. The van der Waals surface area contributed by atoms with Crippen LogP contribution in [0.4, 0.5) is 0 Å². The van der Waals surface area contributed by atoms with Gasteiger partial charge in [0, 0.05) is 12.0 Å². The summed E-state index contributed by atoms with van der Waals surface area (Å²) in [5, 5.41) is 0.174. The number of benzene rings is 1. The van der Waals surface area contributed by atoms with Gasteiger partial charge in [0.2, 0.25) is 0 Å². The van der Waals surface area contributed by atoms with Gasteiger partial charge in [-0.15, -0.1) is 0 Å². The average Bonchev–Trinajstić information content (AvgIpc) is 2.36. The molecule has 1 heterocycles. The summed E-state index contributed by atoms with van der Waals surface area (Å²) in [6, 6.07) is 5.71. The molecule has 3 nitrogen and oxygen atoms in total. The van der Waals surface area contributed by atoms with E-state index in [-0.39, 0.29) is 11.1 Å². The van der Waals surface area contributed by atoms with E-state index in [1.807, 2.05) is 12.1 Å². The third-order valence-corrected chi connectivity index (χ3v) is 8.91. The Hall–Kier alpha value is -1.13. The molecule has 1 aliphatic rings. The van der Waals surface area contributed by atoms with Crippen LogP contribution in [0, 0.1) is 0 Å². The predicted molar refractivity (Wildman–Crippen MR) is 83.0 cm³/mol. The molecule has 0 aliphatic carbocycles. The molecular weight excluding hydrogens is 268 g/mol. The van der Waals surface area contributed by atoms with Crippen molar-refractivity contribution in [2.24, 2.45) is 0 Å². The van der Waals surface area contributed by atoms with Crippen molar-refractivity contribution in [1.82, 2.24) is 0 Å². The van der Waals surface area contributed by atoms with Gasteiger partial charge < -0.3 is 9.16 Å². The second-order valence-electron chi connectivity index (χ2n) is 6.89. The molecule has 0 bridgehead atoms. The second kappa shape index (κ2) is 5.33. The van der Waals surface area contributed by atoms with Gasteiger partial charge in [-0.3, -0.25) is 4.79 Å². The molecule has 0 saturated heterocycles. The molecule has 110 valence electrons. The lowest BCUT2D eigenvalue weighted by Gasteiger charge is -2.40. The Labute approximate surface area is 122 Å². The molecular formula is C16H24O3Si. The van der Waals surface area contributed by atoms with Crippen molar-refractivity contribution >= 4 is 14.6 Å². The summed E-state index contributed by atoms with van der Waals surface area (Å²) in [6.07, 6.45) is 1.74. The minimum Gasteiger partial charge on any atom is -0.492 e. The highest BCUT2D eigenvalue weighted by molar-refractivity contribution is 6.74. The van der Waals surface area contributed by atoms with Crippen LogP contribution in [-0.4, -0.2) is 21.2 Å². The summed E-state index contributed by atoms with van der Waals surface area (Å²) in [7, 11) is -1.83. The maximum absolute atomic E-state index is 11.1. The molecule has 0 radical (unpaired) electrons. The van der Waals surface area contributed by atoms with Gasteiger partial charge in [-0.2, -0.15) is 0 Å². The Kier molecular flexibility index (Phi) is 4.07. The number of hydrogen-bond donors (Lipinski definition) is 0. The predicted octanol–water partition coefficient (Wildman–Crippen LogP) is 4.34. The molecule has 1 aromatic rings. The fourth-order valence-electron chi connectivity index (χ4n) is 2.16. The molecule has 0 amide bonds. The topological polar surface area (TPSA) is 35.5 Å². The zero-order chi connectivity index (χ0) is 15.0. The van der Waals surface area contributed by atoms with Crippen LogP contribution in [0.2, 0.25) is 18.1 Å². The number of para-hydroxylation sites is 1. The molecule has 20 heavy (non-hydrogen) atoms. The fraction of sp³-hybridized carbons (Fsp3) is 0.562. The Morgan fingerprint density at radius 2 is 2.05 bits per heavy atom. The smallest absolute Gasteiger partial charge is 0.192 e. The third kappa shape index (κ3) is 2.81. The lowest BCUT2D eigenvalue weighted by molar-refractivity contribution is 0.109. The van der Waals surface area contributed by atoms with Crippen LogP contribution in [0.5, 0.6) is 5.75 Å². The second-order valence-corrected chi connectivity index (χ2v) is 11.6. The van der Waals surface area contributed by atoms with Crippen LogP contribution in [0.15, 0.2) is 18.2 Å².